The Balaban J connectivity index is 3.30. The minimum Gasteiger partial charge on any atom is -0.496 e. The van der Waals surface area contributed by atoms with Crippen molar-refractivity contribution < 1.29 is 4.74 Å². The summed E-state index contributed by atoms with van der Waals surface area (Å²) >= 11 is 0. The van der Waals surface area contributed by atoms with Crippen LogP contribution in [-0.2, 0) is 18.3 Å². The Bertz CT molecular complexity index is 391. The Morgan fingerprint density at radius 1 is 1.22 bits per heavy atom. The highest BCUT2D eigenvalue weighted by atomic mass is 16.5. The molecule has 0 aliphatic rings. The standard InChI is InChI=1S/C16H27NO/c1-7-12-10-13(8-9-17-5)15(18-6)14(11-12)16(2,3)4/h10-11,17H,7-9H2,1-6H3. The van der Waals surface area contributed by atoms with Crippen LogP contribution < -0.4 is 10.1 Å². The minimum atomic E-state index is 0.116. The maximum atomic E-state index is 5.67. The molecule has 102 valence electrons. The second-order valence-corrected chi connectivity index (χ2v) is 5.79. The fourth-order valence-corrected chi connectivity index (χ4v) is 2.20. The Morgan fingerprint density at radius 2 is 1.89 bits per heavy atom. The molecule has 1 rings (SSSR count). The van der Waals surface area contributed by atoms with E-state index in [4.69, 9.17) is 4.74 Å². The lowest BCUT2D eigenvalue weighted by Crippen LogP contribution is -2.17. The van der Waals surface area contributed by atoms with E-state index in [0.29, 0.717) is 0 Å². The number of likely N-dealkylation sites (N-methyl/N-ethyl adjacent to an activating group) is 1. The quantitative estimate of drug-likeness (QED) is 0.864. The summed E-state index contributed by atoms with van der Waals surface area (Å²) in [5.74, 6) is 1.06. The van der Waals surface area contributed by atoms with E-state index in [2.05, 4.69) is 45.1 Å². The third kappa shape index (κ3) is 3.49. The summed E-state index contributed by atoms with van der Waals surface area (Å²) in [5.41, 5.74) is 4.14. The lowest BCUT2D eigenvalue weighted by atomic mass is 9.83. The average Bonchev–Trinajstić information content (AvgIpc) is 2.33. The van der Waals surface area contributed by atoms with Gasteiger partial charge in [0, 0.05) is 5.56 Å². The molecular formula is C16H27NO. The molecule has 0 unspecified atom stereocenters. The predicted molar refractivity (Wildman–Crippen MR) is 78.7 cm³/mol. The van der Waals surface area contributed by atoms with Crippen LogP contribution in [0.1, 0.15) is 44.4 Å². The van der Waals surface area contributed by atoms with Crippen LogP contribution in [0, 0.1) is 0 Å². The summed E-state index contributed by atoms with van der Waals surface area (Å²) in [6.45, 7) is 9.91. The van der Waals surface area contributed by atoms with E-state index in [0.717, 1.165) is 25.1 Å². The SMILES string of the molecule is CCc1cc(CCNC)c(OC)c(C(C)(C)C)c1. The normalized spacial score (nSPS) is 11.7. The van der Waals surface area contributed by atoms with Crippen molar-refractivity contribution in [1.29, 1.82) is 0 Å². The van der Waals surface area contributed by atoms with Crippen LogP contribution >= 0.6 is 0 Å². The maximum Gasteiger partial charge on any atom is 0.125 e. The minimum absolute atomic E-state index is 0.116. The summed E-state index contributed by atoms with van der Waals surface area (Å²) < 4.78 is 5.67. The molecule has 0 bridgehead atoms. The lowest BCUT2D eigenvalue weighted by molar-refractivity contribution is 0.392. The highest BCUT2D eigenvalue weighted by Crippen LogP contribution is 2.35. The topological polar surface area (TPSA) is 21.3 Å². The summed E-state index contributed by atoms with van der Waals surface area (Å²) in [5, 5.41) is 3.21. The van der Waals surface area contributed by atoms with E-state index in [1.165, 1.54) is 16.7 Å². The van der Waals surface area contributed by atoms with Gasteiger partial charge in [0.05, 0.1) is 7.11 Å². The average molecular weight is 249 g/mol. The zero-order valence-electron chi connectivity index (χ0n) is 12.7. The Morgan fingerprint density at radius 3 is 2.33 bits per heavy atom. The van der Waals surface area contributed by atoms with Crippen LogP contribution in [0.25, 0.3) is 0 Å². The second-order valence-electron chi connectivity index (χ2n) is 5.79. The number of nitrogens with one attached hydrogen (secondary N) is 1. The molecule has 0 aromatic heterocycles. The number of hydrogen-bond acceptors (Lipinski definition) is 2. The van der Waals surface area contributed by atoms with Crippen molar-refractivity contribution in [3.05, 3.63) is 28.8 Å². The number of benzene rings is 1. The summed E-state index contributed by atoms with van der Waals surface area (Å²) in [7, 11) is 3.76. The molecule has 1 aromatic carbocycles. The molecular weight excluding hydrogens is 222 g/mol. The van der Waals surface area contributed by atoms with Gasteiger partial charge >= 0.3 is 0 Å². The van der Waals surface area contributed by atoms with Gasteiger partial charge in [-0.2, -0.15) is 0 Å². The number of aryl methyl sites for hydroxylation is 1. The van der Waals surface area contributed by atoms with Crippen molar-refractivity contribution in [2.75, 3.05) is 20.7 Å². The highest BCUT2D eigenvalue weighted by molar-refractivity contribution is 5.48. The summed E-state index contributed by atoms with van der Waals surface area (Å²) in [6.07, 6.45) is 2.08. The van der Waals surface area contributed by atoms with Gasteiger partial charge in [0.1, 0.15) is 5.75 Å². The number of methoxy groups -OCH3 is 1. The molecule has 0 heterocycles. The van der Waals surface area contributed by atoms with Crippen molar-refractivity contribution in [3.8, 4) is 5.75 Å². The Hall–Kier alpha value is -1.02. The molecule has 2 heteroatoms. The van der Waals surface area contributed by atoms with Crippen LogP contribution in [0.2, 0.25) is 0 Å². The third-order valence-electron chi connectivity index (χ3n) is 3.29. The molecule has 0 fully saturated rings. The highest BCUT2D eigenvalue weighted by Gasteiger charge is 2.21. The fraction of sp³-hybridized carbons (Fsp3) is 0.625. The first-order valence-electron chi connectivity index (χ1n) is 6.78. The van der Waals surface area contributed by atoms with Crippen molar-refractivity contribution in [3.63, 3.8) is 0 Å². The van der Waals surface area contributed by atoms with Crippen LogP contribution in [0.15, 0.2) is 12.1 Å². The summed E-state index contributed by atoms with van der Waals surface area (Å²) in [4.78, 5) is 0. The molecule has 18 heavy (non-hydrogen) atoms. The predicted octanol–water partition coefficient (Wildman–Crippen LogP) is 3.32. The van der Waals surface area contributed by atoms with Gasteiger partial charge in [-0.25, -0.2) is 0 Å². The first-order chi connectivity index (χ1) is 8.43. The molecule has 0 spiro atoms. The largest absolute Gasteiger partial charge is 0.496 e. The summed E-state index contributed by atoms with van der Waals surface area (Å²) in [6, 6.07) is 4.58. The molecule has 0 atom stereocenters. The zero-order valence-corrected chi connectivity index (χ0v) is 12.7. The molecule has 0 saturated carbocycles. The molecule has 1 aromatic rings. The molecule has 0 aliphatic carbocycles. The van der Waals surface area contributed by atoms with Gasteiger partial charge in [-0.15, -0.1) is 0 Å². The van der Waals surface area contributed by atoms with E-state index in [1.807, 2.05) is 7.05 Å². The van der Waals surface area contributed by atoms with Crippen LogP contribution in [0.5, 0.6) is 5.75 Å². The lowest BCUT2D eigenvalue weighted by Gasteiger charge is -2.25. The smallest absolute Gasteiger partial charge is 0.125 e. The van der Waals surface area contributed by atoms with Crippen molar-refractivity contribution in [2.45, 2.75) is 46.0 Å². The Kier molecular flexibility index (Phi) is 5.21. The van der Waals surface area contributed by atoms with Crippen LogP contribution in [-0.4, -0.2) is 20.7 Å². The molecule has 0 radical (unpaired) electrons. The van der Waals surface area contributed by atoms with E-state index < -0.39 is 0 Å². The van der Waals surface area contributed by atoms with Gasteiger partial charge in [0.2, 0.25) is 0 Å². The molecule has 0 amide bonds. The van der Waals surface area contributed by atoms with Gasteiger partial charge in [0.15, 0.2) is 0 Å². The Labute approximate surface area is 112 Å². The fourth-order valence-electron chi connectivity index (χ4n) is 2.20. The monoisotopic (exact) mass is 249 g/mol. The molecule has 1 N–H and O–H groups in total. The first kappa shape index (κ1) is 15.0. The molecule has 2 nitrogen and oxygen atoms in total. The third-order valence-corrected chi connectivity index (χ3v) is 3.29. The van der Waals surface area contributed by atoms with E-state index >= 15 is 0 Å². The first-order valence-corrected chi connectivity index (χ1v) is 6.78. The number of hydrogen-bond donors (Lipinski definition) is 1. The van der Waals surface area contributed by atoms with Crippen LogP contribution in [0.4, 0.5) is 0 Å². The van der Waals surface area contributed by atoms with Crippen molar-refractivity contribution in [1.82, 2.24) is 5.32 Å². The zero-order chi connectivity index (χ0) is 13.8. The molecule has 0 aliphatic heterocycles. The van der Waals surface area contributed by atoms with E-state index in [9.17, 15) is 0 Å². The second kappa shape index (κ2) is 6.24. The maximum absolute atomic E-state index is 5.67. The van der Waals surface area contributed by atoms with Gasteiger partial charge in [-0.1, -0.05) is 39.8 Å². The number of rotatable bonds is 5. The van der Waals surface area contributed by atoms with E-state index in [-0.39, 0.29) is 5.41 Å². The number of ether oxygens (including phenoxy) is 1. The van der Waals surface area contributed by atoms with Crippen LogP contribution in [0.3, 0.4) is 0 Å². The molecule has 0 saturated heterocycles. The van der Waals surface area contributed by atoms with Crippen molar-refractivity contribution >= 4 is 0 Å². The van der Waals surface area contributed by atoms with Gasteiger partial charge in [0.25, 0.3) is 0 Å². The van der Waals surface area contributed by atoms with E-state index in [1.54, 1.807) is 7.11 Å². The van der Waals surface area contributed by atoms with Gasteiger partial charge in [-0.3, -0.25) is 0 Å². The van der Waals surface area contributed by atoms with Gasteiger partial charge in [-0.05, 0) is 43.0 Å². The van der Waals surface area contributed by atoms with Gasteiger partial charge < -0.3 is 10.1 Å². The van der Waals surface area contributed by atoms with Crippen molar-refractivity contribution in [2.24, 2.45) is 0 Å².